The predicted molar refractivity (Wildman–Crippen MR) is 124 cm³/mol. The summed E-state index contributed by atoms with van der Waals surface area (Å²) in [6.45, 7) is 3.53. The molecular weight excluding hydrogens is 466 g/mol. The number of rotatable bonds is 5. The molecule has 1 atom stereocenters. The molecule has 33 heavy (non-hydrogen) atoms. The zero-order valence-electron chi connectivity index (χ0n) is 17.4. The van der Waals surface area contributed by atoms with E-state index < -0.39 is 12.1 Å². The minimum absolute atomic E-state index is 0.169. The fourth-order valence-electron chi connectivity index (χ4n) is 3.83. The predicted octanol–water partition coefficient (Wildman–Crippen LogP) is 5.69. The van der Waals surface area contributed by atoms with Gasteiger partial charge in [-0.25, -0.2) is 9.97 Å². The molecule has 4 aromatic rings. The number of fused-ring (bicyclic) bond motifs is 1. The minimum atomic E-state index is -0.804. The van der Waals surface area contributed by atoms with Crippen LogP contribution in [0.2, 0.25) is 10.0 Å². The molecule has 0 unspecified atom stereocenters. The van der Waals surface area contributed by atoms with Gasteiger partial charge in [0.05, 0.1) is 16.1 Å². The second-order valence-electron chi connectivity index (χ2n) is 7.71. The number of nitriles is 1. The van der Waals surface area contributed by atoms with Crippen LogP contribution in [0.25, 0.3) is 22.2 Å². The summed E-state index contributed by atoms with van der Waals surface area (Å²) >= 11 is 12.2. The van der Waals surface area contributed by atoms with Crippen molar-refractivity contribution in [2.45, 2.75) is 19.4 Å². The maximum Gasteiger partial charge on any atom is 0.232 e. The molecule has 1 aliphatic rings. The van der Waals surface area contributed by atoms with Gasteiger partial charge in [0, 0.05) is 42.0 Å². The number of anilines is 1. The van der Waals surface area contributed by atoms with Gasteiger partial charge in [-0.1, -0.05) is 23.2 Å². The van der Waals surface area contributed by atoms with Crippen molar-refractivity contribution in [1.82, 2.24) is 20.2 Å². The van der Waals surface area contributed by atoms with Crippen molar-refractivity contribution in [3.05, 3.63) is 63.8 Å². The van der Waals surface area contributed by atoms with Crippen molar-refractivity contribution in [1.29, 1.82) is 5.26 Å². The lowest BCUT2D eigenvalue weighted by Gasteiger charge is -2.32. The second-order valence-corrected chi connectivity index (χ2v) is 8.50. The van der Waals surface area contributed by atoms with E-state index in [9.17, 15) is 9.65 Å². The largest absolute Gasteiger partial charge is 0.486 e. The van der Waals surface area contributed by atoms with E-state index in [-0.39, 0.29) is 10.0 Å². The molecule has 5 rings (SSSR count). The highest BCUT2D eigenvalue weighted by Gasteiger charge is 2.22. The molecule has 10 heteroatoms. The number of benzene rings is 1. The summed E-state index contributed by atoms with van der Waals surface area (Å²) < 4.78 is 19.9. The first-order chi connectivity index (χ1) is 16.0. The summed E-state index contributed by atoms with van der Waals surface area (Å²) in [6.07, 6.45) is 3.40. The SMILES string of the molecule is C[C@H](Oc1ccc2[nH]nc(-c3cnc(N4CCC4)c(C#N)c3)c2c1)c1c(Cl)cnc(F)c1Cl. The van der Waals surface area contributed by atoms with Crippen LogP contribution in [0.3, 0.4) is 0 Å². The Hall–Kier alpha value is -3.41. The molecule has 0 saturated carbocycles. The van der Waals surface area contributed by atoms with Crippen LogP contribution in [-0.2, 0) is 0 Å². The Labute approximate surface area is 198 Å². The van der Waals surface area contributed by atoms with Crippen molar-refractivity contribution in [2.75, 3.05) is 18.0 Å². The summed E-state index contributed by atoms with van der Waals surface area (Å²) in [4.78, 5) is 10.1. The van der Waals surface area contributed by atoms with Crippen LogP contribution in [0.4, 0.5) is 10.2 Å². The van der Waals surface area contributed by atoms with E-state index in [1.807, 2.05) is 12.1 Å². The van der Waals surface area contributed by atoms with Gasteiger partial charge in [0.25, 0.3) is 0 Å². The molecule has 0 bridgehead atoms. The molecule has 1 aliphatic heterocycles. The van der Waals surface area contributed by atoms with E-state index in [2.05, 4.69) is 31.1 Å². The molecule has 3 aromatic heterocycles. The van der Waals surface area contributed by atoms with Gasteiger partial charge in [-0.2, -0.15) is 14.8 Å². The van der Waals surface area contributed by atoms with Gasteiger partial charge >= 0.3 is 0 Å². The number of nitrogens with zero attached hydrogens (tertiary/aromatic N) is 5. The Morgan fingerprint density at radius 1 is 1.21 bits per heavy atom. The Bertz CT molecular complexity index is 1410. The highest BCUT2D eigenvalue weighted by atomic mass is 35.5. The number of ether oxygens (including phenoxy) is 1. The van der Waals surface area contributed by atoms with Crippen LogP contribution in [-0.4, -0.2) is 33.3 Å². The third-order valence-electron chi connectivity index (χ3n) is 5.64. The van der Waals surface area contributed by atoms with Gasteiger partial charge in [0.1, 0.15) is 34.5 Å². The van der Waals surface area contributed by atoms with Crippen LogP contribution >= 0.6 is 23.2 Å². The number of aromatic amines is 1. The molecule has 1 N–H and O–H groups in total. The summed E-state index contributed by atoms with van der Waals surface area (Å²) in [5.41, 5.74) is 2.99. The summed E-state index contributed by atoms with van der Waals surface area (Å²) in [7, 11) is 0. The maximum absolute atomic E-state index is 13.8. The van der Waals surface area contributed by atoms with Crippen molar-refractivity contribution < 1.29 is 9.13 Å². The number of H-pyrrole nitrogens is 1. The molecule has 7 nitrogen and oxygen atoms in total. The molecule has 4 heterocycles. The Morgan fingerprint density at radius 3 is 2.76 bits per heavy atom. The molecule has 1 aromatic carbocycles. The number of nitrogens with one attached hydrogen (secondary N) is 1. The Kier molecular flexibility index (Phi) is 5.52. The van der Waals surface area contributed by atoms with E-state index >= 15 is 0 Å². The van der Waals surface area contributed by atoms with E-state index in [4.69, 9.17) is 27.9 Å². The van der Waals surface area contributed by atoms with Crippen LogP contribution in [0, 0.1) is 17.3 Å². The standard InChI is InChI=1S/C23H17Cl2FN6O/c1-12(19-17(24)11-28-22(26)20(19)25)33-15-3-4-18-16(8-15)21(31-30-18)14-7-13(9-27)23(29-10-14)32-5-2-6-32/h3-4,7-8,10-12H,2,5-6H2,1H3,(H,30,31)/t12-/m0/s1. The molecule has 166 valence electrons. The Balaban J connectivity index is 1.49. The highest BCUT2D eigenvalue weighted by molar-refractivity contribution is 6.35. The zero-order chi connectivity index (χ0) is 23.1. The first kappa shape index (κ1) is 21.4. The van der Waals surface area contributed by atoms with Gasteiger partial charge in [0.2, 0.25) is 5.95 Å². The monoisotopic (exact) mass is 482 g/mol. The van der Waals surface area contributed by atoms with Gasteiger partial charge in [-0.3, -0.25) is 5.10 Å². The fraction of sp³-hybridized carbons (Fsp3) is 0.217. The third-order valence-corrected chi connectivity index (χ3v) is 6.30. The van der Waals surface area contributed by atoms with Crippen molar-refractivity contribution in [3.63, 3.8) is 0 Å². The normalized spacial score (nSPS) is 14.1. The topological polar surface area (TPSA) is 90.7 Å². The van der Waals surface area contributed by atoms with Crippen LogP contribution in [0.1, 0.15) is 30.6 Å². The Morgan fingerprint density at radius 2 is 2.03 bits per heavy atom. The average molecular weight is 483 g/mol. The number of hydrogen-bond donors (Lipinski definition) is 1. The van der Waals surface area contributed by atoms with E-state index in [0.29, 0.717) is 28.4 Å². The lowest BCUT2D eigenvalue weighted by atomic mass is 10.1. The molecule has 0 spiro atoms. The number of pyridine rings is 2. The summed E-state index contributed by atoms with van der Waals surface area (Å²) in [6, 6.07) is 9.46. The molecule has 0 aliphatic carbocycles. The van der Waals surface area contributed by atoms with Crippen LogP contribution in [0.15, 0.2) is 36.7 Å². The molecule has 0 radical (unpaired) electrons. The van der Waals surface area contributed by atoms with E-state index in [1.165, 1.54) is 6.20 Å². The zero-order valence-corrected chi connectivity index (χ0v) is 19.0. The number of aromatic nitrogens is 4. The number of hydrogen-bond acceptors (Lipinski definition) is 6. The van der Waals surface area contributed by atoms with Crippen LogP contribution < -0.4 is 9.64 Å². The average Bonchev–Trinajstić information content (AvgIpc) is 3.19. The van der Waals surface area contributed by atoms with Crippen molar-refractivity contribution in [3.8, 4) is 23.1 Å². The highest BCUT2D eigenvalue weighted by Crippen LogP contribution is 2.36. The quantitative estimate of drug-likeness (QED) is 0.367. The van der Waals surface area contributed by atoms with E-state index in [0.717, 1.165) is 36.0 Å². The van der Waals surface area contributed by atoms with Crippen LogP contribution in [0.5, 0.6) is 5.75 Å². The number of halogens is 3. The molecule has 0 amide bonds. The lowest BCUT2D eigenvalue weighted by molar-refractivity contribution is 0.226. The molecular formula is C23H17Cl2FN6O. The maximum atomic E-state index is 13.8. The van der Waals surface area contributed by atoms with Crippen molar-refractivity contribution >= 4 is 39.9 Å². The first-order valence-electron chi connectivity index (χ1n) is 10.3. The molecule has 1 saturated heterocycles. The summed E-state index contributed by atoms with van der Waals surface area (Å²) in [5.74, 6) is 0.415. The van der Waals surface area contributed by atoms with Gasteiger partial charge in [-0.15, -0.1) is 0 Å². The smallest absolute Gasteiger partial charge is 0.232 e. The minimum Gasteiger partial charge on any atom is -0.486 e. The van der Waals surface area contributed by atoms with Crippen molar-refractivity contribution in [2.24, 2.45) is 0 Å². The second kappa shape index (κ2) is 8.50. The first-order valence-corrected chi connectivity index (χ1v) is 11.0. The summed E-state index contributed by atoms with van der Waals surface area (Å²) in [5, 5.41) is 17.9. The molecule has 1 fully saturated rings. The van der Waals surface area contributed by atoms with Gasteiger partial charge in [0.15, 0.2) is 0 Å². The van der Waals surface area contributed by atoms with Gasteiger partial charge < -0.3 is 9.64 Å². The lowest BCUT2D eigenvalue weighted by Crippen LogP contribution is -2.38. The third kappa shape index (κ3) is 3.84. The fourth-order valence-corrected chi connectivity index (χ4v) is 4.48. The van der Waals surface area contributed by atoms with E-state index in [1.54, 1.807) is 25.3 Å². The van der Waals surface area contributed by atoms with Gasteiger partial charge in [-0.05, 0) is 37.6 Å².